The topological polar surface area (TPSA) is 66.9 Å². The van der Waals surface area contributed by atoms with E-state index in [1.807, 2.05) is 11.8 Å². The van der Waals surface area contributed by atoms with E-state index in [4.69, 9.17) is 17.0 Å². The van der Waals surface area contributed by atoms with Crippen molar-refractivity contribution in [2.75, 3.05) is 38.3 Å². The fraction of sp³-hybridized carbons (Fsp3) is 0.714. The molecule has 1 amide bonds. The lowest BCUT2D eigenvalue weighted by molar-refractivity contribution is -0.122. The number of hydrogen-bond acceptors (Lipinski definition) is 7. The van der Waals surface area contributed by atoms with Gasteiger partial charge in [-0.15, -0.1) is 0 Å². The summed E-state index contributed by atoms with van der Waals surface area (Å²) in [6.07, 6.45) is 3.12. The van der Waals surface area contributed by atoms with E-state index in [-0.39, 0.29) is 23.5 Å². The maximum Gasteiger partial charge on any atom is 0.267 e. The summed E-state index contributed by atoms with van der Waals surface area (Å²) in [6, 6.07) is -0.0537. The smallest absolute Gasteiger partial charge is 0.267 e. The molecule has 1 atom stereocenters. The minimum absolute atomic E-state index is 0.0537. The zero-order chi connectivity index (χ0) is 17.0. The van der Waals surface area contributed by atoms with E-state index >= 15 is 0 Å². The van der Waals surface area contributed by atoms with Crippen molar-refractivity contribution >= 4 is 44.0 Å². The number of carbonyl (C=O) groups excluding carboxylic acids is 1. The number of amides is 1. The van der Waals surface area contributed by atoms with Gasteiger partial charge in [0, 0.05) is 39.0 Å². The van der Waals surface area contributed by atoms with E-state index in [2.05, 4.69) is 0 Å². The van der Waals surface area contributed by atoms with Gasteiger partial charge in [0.15, 0.2) is 9.84 Å². The van der Waals surface area contributed by atoms with Gasteiger partial charge in [-0.1, -0.05) is 24.0 Å². The highest BCUT2D eigenvalue weighted by atomic mass is 32.2. The molecule has 2 fully saturated rings. The number of methoxy groups -OCH3 is 1. The number of thiocarbonyl (C=S) groups is 1. The summed E-state index contributed by atoms with van der Waals surface area (Å²) in [5.74, 6) is 0.279. The van der Waals surface area contributed by atoms with Crippen LogP contribution >= 0.6 is 24.0 Å². The summed E-state index contributed by atoms with van der Waals surface area (Å²) >= 11 is 6.56. The molecule has 2 rings (SSSR count). The molecule has 2 heterocycles. The van der Waals surface area contributed by atoms with Gasteiger partial charge in [-0.2, -0.15) is 0 Å². The Kier molecular flexibility index (Phi) is 6.47. The summed E-state index contributed by atoms with van der Waals surface area (Å²) < 4.78 is 28.9. The van der Waals surface area contributed by atoms with Gasteiger partial charge in [-0.3, -0.25) is 9.69 Å². The van der Waals surface area contributed by atoms with E-state index in [0.29, 0.717) is 35.3 Å². The van der Waals surface area contributed by atoms with Gasteiger partial charge in [0.25, 0.3) is 5.91 Å². The second-order valence-electron chi connectivity index (χ2n) is 5.55. The van der Waals surface area contributed by atoms with E-state index in [0.717, 1.165) is 6.42 Å². The molecule has 0 N–H and O–H groups in total. The number of thioether (sulfide) groups is 1. The molecule has 0 aromatic heterocycles. The lowest BCUT2D eigenvalue weighted by Crippen LogP contribution is -2.33. The quantitative estimate of drug-likeness (QED) is 0.375. The minimum atomic E-state index is -2.95. The Labute approximate surface area is 147 Å². The van der Waals surface area contributed by atoms with Gasteiger partial charge in [0.2, 0.25) is 0 Å². The van der Waals surface area contributed by atoms with E-state index in [9.17, 15) is 13.2 Å². The van der Waals surface area contributed by atoms with Crippen LogP contribution in [0.15, 0.2) is 11.1 Å². The molecule has 23 heavy (non-hydrogen) atoms. The average Bonchev–Trinajstić information content (AvgIpc) is 2.98. The number of carbonyl (C=O) groups is 1. The van der Waals surface area contributed by atoms with Crippen LogP contribution in [0.25, 0.3) is 0 Å². The van der Waals surface area contributed by atoms with Crippen LogP contribution in [0.2, 0.25) is 0 Å². The molecule has 0 radical (unpaired) electrons. The zero-order valence-corrected chi connectivity index (χ0v) is 15.8. The Bertz CT molecular complexity index is 603. The van der Waals surface area contributed by atoms with E-state index in [1.54, 1.807) is 18.2 Å². The highest BCUT2D eigenvalue weighted by molar-refractivity contribution is 8.26. The molecule has 0 aliphatic carbocycles. The first kappa shape index (κ1) is 18.7. The SMILES string of the molecule is CCN(/C=C1\SC(=S)N(CCCOC)C1=O)[C@@H]1CCS(=O)(=O)C1. The van der Waals surface area contributed by atoms with Crippen LogP contribution in [0.3, 0.4) is 0 Å². The van der Waals surface area contributed by atoms with Crippen molar-refractivity contribution < 1.29 is 17.9 Å². The maximum absolute atomic E-state index is 12.5. The summed E-state index contributed by atoms with van der Waals surface area (Å²) in [4.78, 5) is 16.6. The van der Waals surface area contributed by atoms with Gasteiger partial charge in [-0.05, 0) is 19.8 Å². The van der Waals surface area contributed by atoms with Crippen molar-refractivity contribution in [3.63, 3.8) is 0 Å². The Morgan fingerprint density at radius 1 is 1.52 bits per heavy atom. The maximum atomic E-state index is 12.5. The molecule has 6 nitrogen and oxygen atoms in total. The summed E-state index contributed by atoms with van der Waals surface area (Å²) in [5.41, 5.74) is 0. The van der Waals surface area contributed by atoms with Crippen molar-refractivity contribution in [1.29, 1.82) is 0 Å². The van der Waals surface area contributed by atoms with Crippen molar-refractivity contribution in [2.45, 2.75) is 25.8 Å². The Morgan fingerprint density at radius 3 is 2.83 bits per heavy atom. The molecule has 9 heteroatoms. The molecule has 0 bridgehead atoms. The predicted molar refractivity (Wildman–Crippen MR) is 95.9 cm³/mol. The van der Waals surface area contributed by atoms with Crippen molar-refractivity contribution in [2.24, 2.45) is 0 Å². The molecule has 0 unspecified atom stereocenters. The number of sulfone groups is 1. The standard InChI is InChI=1S/C14H22N2O4S3/c1-3-15(11-5-8-23(18,19)10-11)9-12-13(17)16(14(21)22-12)6-4-7-20-2/h9,11H,3-8,10H2,1-2H3/b12-9-/t11-/m1/s1. The summed E-state index contributed by atoms with van der Waals surface area (Å²) in [6.45, 7) is 3.74. The first-order valence-electron chi connectivity index (χ1n) is 7.58. The molecule has 2 aliphatic rings. The van der Waals surface area contributed by atoms with E-state index < -0.39 is 9.84 Å². The number of nitrogens with zero attached hydrogens (tertiary/aromatic N) is 2. The van der Waals surface area contributed by atoms with Crippen LogP contribution in [0, 0.1) is 0 Å². The molecule has 0 spiro atoms. The summed E-state index contributed by atoms with van der Waals surface area (Å²) in [5, 5.41) is 0. The molecule has 130 valence electrons. The predicted octanol–water partition coefficient (Wildman–Crippen LogP) is 1.23. The first-order valence-corrected chi connectivity index (χ1v) is 10.6. The lowest BCUT2D eigenvalue weighted by Gasteiger charge is -2.25. The largest absolute Gasteiger partial charge is 0.385 e. The molecule has 0 saturated carbocycles. The molecular formula is C14H22N2O4S3. The van der Waals surface area contributed by atoms with Crippen molar-refractivity contribution in [3.8, 4) is 0 Å². The highest BCUT2D eigenvalue weighted by Crippen LogP contribution is 2.32. The Hall–Kier alpha value is -0.640. The number of rotatable bonds is 7. The fourth-order valence-electron chi connectivity index (χ4n) is 2.69. The number of ether oxygens (including phenoxy) is 1. The summed E-state index contributed by atoms with van der Waals surface area (Å²) in [7, 11) is -1.32. The molecule has 2 saturated heterocycles. The zero-order valence-electron chi connectivity index (χ0n) is 13.4. The van der Waals surface area contributed by atoms with E-state index in [1.165, 1.54) is 11.8 Å². The van der Waals surface area contributed by atoms with Gasteiger partial charge >= 0.3 is 0 Å². The van der Waals surface area contributed by atoms with Crippen LogP contribution in [0.5, 0.6) is 0 Å². The molecule has 0 aromatic rings. The normalized spacial score (nSPS) is 25.6. The number of hydrogen-bond donors (Lipinski definition) is 0. The minimum Gasteiger partial charge on any atom is -0.385 e. The van der Waals surface area contributed by atoms with Crippen LogP contribution in [0.4, 0.5) is 0 Å². The molecule has 2 aliphatic heterocycles. The van der Waals surface area contributed by atoms with Crippen LogP contribution in [-0.2, 0) is 19.4 Å². The third-order valence-electron chi connectivity index (χ3n) is 3.93. The molecular weight excluding hydrogens is 356 g/mol. The monoisotopic (exact) mass is 378 g/mol. The van der Waals surface area contributed by atoms with Gasteiger partial charge in [0.1, 0.15) is 4.32 Å². The van der Waals surface area contributed by atoms with Gasteiger partial charge in [0.05, 0.1) is 16.4 Å². The first-order chi connectivity index (χ1) is 10.9. The second kappa shape index (κ2) is 7.96. The van der Waals surface area contributed by atoms with Crippen molar-refractivity contribution in [1.82, 2.24) is 9.80 Å². The molecule has 0 aromatic carbocycles. The van der Waals surface area contributed by atoms with Gasteiger partial charge < -0.3 is 9.64 Å². The Morgan fingerprint density at radius 2 is 2.26 bits per heavy atom. The van der Waals surface area contributed by atoms with Crippen LogP contribution in [0.1, 0.15) is 19.8 Å². The third kappa shape index (κ3) is 4.68. The fourth-order valence-corrected chi connectivity index (χ4v) is 5.74. The Balaban J connectivity index is 2.06. The highest BCUT2D eigenvalue weighted by Gasteiger charge is 2.35. The third-order valence-corrected chi connectivity index (χ3v) is 7.05. The van der Waals surface area contributed by atoms with Crippen molar-refractivity contribution in [3.05, 3.63) is 11.1 Å². The van der Waals surface area contributed by atoms with Crippen LogP contribution < -0.4 is 0 Å². The second-order valence-corrected chi connectivity index (χ2v) is 9.46. The average molecular weight is 379 g/mol. The van der Waals surface area contributed by atoms with Gasteiger partial charge in [-0.25, -0.2) is 8.42 Å². The van der Waals surface area contributed by atoms with Crippen LogP contribution in [-0.4, -0.2) is 72.8 Å². The lowest BCUT2D eigenvalue weighted by atomic mass is 10.2.